The molecule has 0 saturated carbocycles. The van der Waals surface area contributed by atoms with Crippen molar-refractivity contribution in [1.29, 1.82) is 0 Å². The van der Waals surface area contributed by atoms with Crippen molar-refractivity contribution >= 4 is 0 Å². The number of unbranched alkanes of at least 4 members (excludes halogenated alkanes) is 16. The topological polar surface area (TPSA) is 6.48 Å². The Hall–Kier alpha value is -0.920. The Balaban J connectivity index is 2.23. The van der Waals surface area contributed by atoms with Crippen LogP contribution < -0.4 is 0 Å². The molecule has 0 aliphatic carbocycles. The molecule has 0 aromatic rings. The Morgan fingerprint density at radius 2 is 0.700 bits per heavy atom. The first-order valence-corrected chi connectivity index (χ1v) is 13.6. The highest BCUT2D eigenvalue weighted by Crippen LogP contribution is 2.27. The highest BCUT2D eigenvalue weighted by atomic mass is 15.2. The molecule has 0 radical (unpaired) electrons. The summed E-state index contributed by atoms with van der Waals surface area (Å²) in [6.07, 6.45) is 32.3. The second kappa shape index (κ2) is 18.8. The summed E-state index contributed by atoms with van der Waals surface area (Å²) in [7, 11) is 4.48. The van der Waals surface area contributed by atoms with E-state index in [2.05, 4.69) is 50.1 Å². The largest absolute Gasteiger partial charge is 0.351 e. The van der Waals surface area contributed by atoms with Crippen molar-refractivity contribution in [1.82, 2.24) is 9.80 Å². The van der Waals surface area contributed by atoms with Gasteiger partial charge in [-0.2, -0.15) is 0 Å². The van der Waals surface area contributed by atoms with Crippen LogP contribution in [-0.2, 0) is 0 Å². The van der Waals surface area contributed by atoms with Crippen LogP contribution >= 0.6 is 0 Å². The van der Waals surface area contributed by atoms with Crippen LogP contribution in [0.15, 0.2) is 23.8 Å². The predicted octanol–water partition coefficient (Wildman–Crippen LogP) is 9.39. The first-order valence-electron chi connectivity index (χ1n) is 13.6. The Morgan fingerprint density at radius 1 is 0.433 bits per heavy atom. The van der Waals surface area contributed by atoms with Crippen molar-refractivity contribution in [2.24, 2.45) is 0 Å². The molecule has 2 heteroatoms. The van der Waals surface area contributed by atoms with Gasteiger partial charge in [-0.3, -0.25) is 0 Å². The van der Waals surface area contributed by atoms with E-state index in [1.165, 1.54) is 128 Å². The van der Waals surface area contributed by atoms with Gasteiger partial charge in [-0.25, -0.2) is 0 Å². The summed E-state index contributed by atoms with van der Waals surface area (Å²) in [4.78, 5) is 4.77. The minimum Gasteiger partial charge on any atom is -0.351 e. The molecule has 1 heterocycles. The second-order valence-electron chi connectivity index (χ2n) is 9.57. The number of hydrogen-bond donors (Lipinski definition) is 0. The molecule has 30 heavy (non-hydrogen) atoms. The van der Waals surface area contributed by atoms with E-state index in [0.29, 0.717) is 0 Å². The number of hydrogen-bond acceptors (Lipinski definition) is 2. The summed E-state index contributed by atoms with van der Waals surface area (Å²) in [5, 5.41) is 0. The summed E-state index contributed by atoms with van der Waals surface area (Å²) in [6.45, 7) is 4.60. The van der Waals surface area contributed by atoms with E-state index in [9.17, 15) is 0 Å². The van der Waals surface area contributed by atoms with Crippen LogP contribution in [0.25, 0.3) is 0 Å². The lowest BCUT2D eigenvalue weighted by Gasteiger charge is -2.32. The minimum absolute atomic E-state index is 1.24. The van der Waals surface area contributed by atoms with Crippen LogP contribution in [0.4, 0.5) is 0 Å². The minimum atomic E-state index is 1.24. The van der Waals surface area contributed by atoms with Crippen molar-refractivity contribution in [2.75, 3.05) is 14.1 Å². The van der Waals surface area contributed by atoms with Gasteiger partial charge in [0.2, 0.25) is 0 Å². The number of rotatable bonds is 20. The molecule has 0 bridgehead atoms. The van der Waals surface area contributed by atoms with Gasteiger partial charge in [0.1, 0.15) is 0 Å². The normalized spacial score (nSPS) is 14.3. The van der Waals surface area contributed by atoms with Gasteiger partial charge < -0.3 is 9.80 Å². The van der Waals surface area contributed by atoms with Gasteiger partial charge in [-0.05, 0) is 25.7 Å². The average molecular weight is 419 g/mol. The van der Waals surface area contributed by atoms with E-state index in [-0.39, 0.29) is 0 Å². The Labute approximate surface area is 190 Å². The fraction of sp³-hybridized carbons (Fsp3) is 0.857. The number of allylic oxidation sites excluding steroid dienone is 2. The van der Waals surface area contributed by atoms with Crippen molar-refractivity contribution < 1.29 is 0 Å². The lowest BCUT2D eigenvalue weighted by atomic mass is 10.0. The third-order valence-corrected chi connectivity index (χ3v) is 6.73. The summed E-state index contributed by atoms with van der Waals surface area (Å²) >= 11 is 0. The van der Waals surface area contributed by atoms with Gasteiger partial charge in [-0.1, -0.05) is 117 Å². The lowest BCUT2D eigenvalue weighted by Crippen LogP contribution is -2.25. The molecule has 1 aliphatic rings. The maximum absolute atomic E-state index is 2.38. The zero-order valence-electron chi connectivity index (χ0n) is 21.2. The van der Waals surface area contributed by atoms with Crippen LogP contribution in [0.5, 0.6) is 0 Å². The standard InChI is InChI=1S/C28H54N2/c1-5-7-9-11-13-15-17-19-21-23-27-28(30(4)26-25-29(27)3)24-22-20-18-16-14-12-10-8-6-2/h25-26H,5-24H2,1-4H3. The Bertz CT molecular complexity index is 412. The smallest absolute Gasteiger partial charge is 0.0368 e. The van der Waals surface area contributed by atoms with Crippen LogP contribution in [0, 0.1) is 0 Å². The zero-order chi connectivity index (χ0) is 21.9. The quantitative estimate of drug-likeness (QED) is 0.182. The molecule has 1 rings (SSSR count). The van der Waals surface area contributed by atoms with Gasteiger partial charge in [0.05, 0.1) is 0 Å². The van der Waals surface area contributed by atoms with Crippen molar-refractivity contribution in [3.63, 3.8) is 0 Å². The van der Waals surface area contributed by atoms with Crippen LogP contribution in [0.3, 0.4) is 0 Å². The SMILES string of the molecule is CCCCCCCCCCCC1=C(CCCCCCCCCCC)N(C)C=CN1C. The first-order chi connectivity index (χ1) is 14.7. The van der Waals surface area contributed by atoms with Crippen LogP contribution in [0.2, 0.25) is 0 Å². The van der Waals surface area contributed by atoms with Gasteiger partial charge in [0.25, 0.3) is 0 Å². The summed E-state index contributed by atoms with van der Waals surface area (Å²) in [5.41, 5.74) is 3.14. The van der Waals surface area contributed by atoms with E-state index in [4.69, 9.17) is 0 Å². The molecule has 0 N–H and O–H groups in total. The van der Waals surface area contributed by atoms with Gasteiger partial charge in [0, 0.05) is 37.9 Å². The highest BCUT2D eigenvalue weighted by Gasteiger charge is 2.16. The zero-order valence-corrected chi connectivity index (χ0v) is 21.2. The molecular formula is C28H54N2. The molecule has 1 aliphatic heterocycles. The van der Waals surface area contributed by atoms with E-state index >= 15 is 0 Å². The van der Waals surface area contributed by atoms with Gasteiger partial charge in [-0.15, -0.1) is 0 Å². The molecule has 176 valence electrons. The lowest BCUT2D eigenvalue weighted by molar-refractivity contribution is 0.403. The average Bonchev–Trinajstić information content (AvgIpc) is 2.75. The molecule has 0 amide bonds. The third kappa shape index (κ3) is 12.7. The molecular weight excluding hydrogens is 364 g/mol. The molecule has 0 aromatic heterocycles. The highest BCUT2D eigenvalue weighted by molar-refractivity contribution is 5.20. The second-order valence-corrected chi connectivity index (χ2v) is 9.57. The third-order valence-electron chi connectivity index (χ3n) is 6.73. The molecule has 0 atom stereocenters. The fourth-order valence-corrected chi connectivity index (χ4v) is 4.63. The fourth-order valence-electron chi connectivity index (χ4n) is 4.63. The van der Waals surface area contributed by atoms with Gasteiger partial charge >= 0.3 is 0 Å². The van der Waals surface area contributed by atoms with Crippen LogP contribution in [0.1, 0.15) is 142 Å². The van der Waals surface area contributed by atoms with E-state index in [1.807, 2.05) is 0 Å². The Kier molecular flexibility index (Phi) is 17.0. The maximum atomic E-state index is 2.38. The summed E-state index contributed by atoms with van der Waals surface area (Å²) in [5.74, 6) is 0. The van der Waals surface area contributed by atoms with Crippen LogP contribution in [-0.4, -0.2) is 23.9 Å². The van der Waals surface area contributed by atoms with Crippen molar-refractivity contribution in [3.8, 4) is 0 Å². The summed E-state index contributed by atoms with van der Waals surface area (Å²) < 4.78 is 0. The van der Waals surface area contributed by atoms with Gasteiger partial charge in [0.15, 0.2) is 0 Å². The van der Waals surface area contributed by atoms with E-state index in [1.54, 1.807) is 11.4 Å². The molecule has 0 fully saturated rings. The Morgan fingerprint density at radius 3 is 1.00 bits per heavy atom. The number of nitrogens with zero attached hydrogens (tertiary/aromatic N) is 2. The monoisotopic (exact) mass is 418 g/mol. The molecule has 0 unspecified atom stereocenters. The summed E-state index contributed by atoms with van der Waals surface area (Å²) in [6, 6.07) is 0. The van der Waals surface area contributed by atoms with Crippen molar-refractivity contribution in [2.45, 2.75) is 142 Å². The molecule has 2 nitrogen and oxygen atoms in total. The predicted molar refractivity (Wildman–Crippen MR) is 135 cm³/mol. The molecule has 0 saturated heterocycles. The van der Waals surface area contributed by atoms with E-state index < -0.39 is 0 Å². The molecule has 0 spiro atoms. The maximum Gasteiger partial charge on any atom is 0.0368 e. The van der Waals surface area contributed by atoms with Crippen molar-refractivity contribution in [3.05, 3.63) is 23.8 Å². The first kappa shape index (κ1) is 27.1. The van der Waals surface area contributed by atoms with E-state index in [0.717, 1.165) is 0 Å². The molecule has 0 aromatic carbocycles.